The monoisotopic (exact) mass is 477 g/mol. The molecule has 6 nitrogen and oxygen atoms in total. The predicted octanol–water partition coefficient (Wildman–Crippen LogP) is 5.12. The highest BCUT2D eigenvalue weighted by Crippen LogP contribution is 2.51. The third-order valence-corrected chi connectivity index (χ3v) is 7.93. The van der Waals surface area contributed by atoms with Crippen molar-refractivity contribution in [3.8, 4) is 11.3 Å². The standard InChI is InChI=1S/C25H34F3N5O/c1-14(2)33-22(11-21(31-33)19-10-20(25(26,27)28)24(29)30-12-19)18-8-16-4-5-17(9-18)23(16)32-6-7-34-15(3)13-32/h10-12,14-18,23H,4-9,13H2,1-3H3,(H2,29,30)/t15-,16?,17?,18?,23?/m0/s1. The SMILES string of the molecule is CC(C)n1nc(-c2cnc(N)c(C(F)(F)F)c2)cc1C1CC2CCC(C1)C2N1CCO[C@@H](C)C1. The van der Waals surface area contributed by atoms with E-state index in [1.807, 2.05) is 10.7 Å². The maximum atomic E-state index is 13.4. The summed E-state index contributed by atoms with van der Waals surface area (Å²) < 4.78 is 48.0. The van der Waals surface area contributed by atoms with Gasteiger partial charge in [0.1, 0.15) is 5.82 Å². The lowest BCUT2D eigenvalue weighted by atomic mass is 9.75. The van der Waals surface area contributed by atoms with Crippen molar-refractivity contribution in [2.75, 3.05) is 25.4 Å². The van der Waals surface area contributed by atoms with Crippen molar-refractivity contribution in [3.63, 3.8) is 0 Å². The van der Waals surface area contributed by atoms with Crippen molar-refractivity contribution < 1.29 is 17.9 Å². The van der Waals surface area contributed by atoms with E-state index in [-0.39, 0.29) is 12.1 Å². The summed E-state index contributed by atoms with van der Waals surface area (Å²) in [6.07, 6.45) is 1.81. The fraction of sp³-hybridized carbons (Fsp3) is 0.680. The smallest absolute Gasteiger partial charge is 0.383 e. The molecule has 2 aromatic heterocycles. The molecule has 3 fully saturated rings. The van der Waals surface area contributed by atoms with Crippen LogP contribution in [0.15, 0.2) is 18.3 Å². The first-order chi connectivity index (χ1) is 16.1. The second-order valence-electron chi connectivity index (χ2n) is 10.6. The second kappa shape index (κ2) is 8.82. The van der Waals surface area contributed by atoms with Gasteiger partial charge in [-0.05, 0) is 70.4 Å². The number of ether oxygens (including phenoxy) is 1. The van der Waals surface area contributed by atoms with Crippen LogP contribution in [0, 0.1) is 11.8 Å². The highest BCUT2D eigenvalue weighted by Gasteiger charge is 2.47. The van der Waals surface area contributed by atoms with Gasteiger partial charge < -0.3 is 10.5 Å². The Morgan fingerprint density at radius 2 is 1.85 bits per heavy atom. The Kier molecular flexibility index (Phi) is 6.13. The maximum Gasteiger partial charge on any atom is 0.419 e. The molecule has 186 valence electrons. The van der Waals surface area contributed by atoms with E-state index in [1.54, 1.807) is 0 Å². The van der Waals surface area contributed by atoms with Gasteiger partial charge in [-0.1, -0.05) is 0 Å². The van der Waals surface area contributed by atoms with Gasteiger partial charge >= 0.3 is 6.18 Å². The Hall–Kier alpha value is -2.13. The molecule has 3 heterocycles. The predicted molar refractivity (Wildman–Crippen MR) is 124 cm³/mol. The third-order valence-electron chi connectivity index (χ3n) is 7.93. The number of pyridine rings is 1. The molecular weight excluding hydrogens is 443 g/mol. The minimum Gasteiger partial charge on any atom is -0.383 e. The first-order valence-corrected chi connectivity index (χ1v) is 12.4. The highest BCUT2D eigenvalue weighted by atomic mass is 19.4. The van der Waals surface area contributed by atoms with E-state index in [0.717, 1.165) is 44.3 Å². The molecule has 2 unspecified atom stereocenters. The Balaban J connectivity index is 1.42. The lowest BCUT2D eigenvalue weighted by Gasteiger charge is -2.45. The zero-order valence-corrected chi connectivity index (χ0v) is 20.1. The minimum atomic E-state index is -4.55. The molecule has 0 radical (unpaired) electrons. The molecule has 9 heteroatoms. The van der Waals surface area contributed by atoms with E-state index < -0.39 is 17.6 Å². The van der Waals surface area contributed by atoms with E-state index in [2.05, 4.69) is 30.7 Å². The van der Waals surface area contributed by atoms with E-state index in [0.29, 0.717) is 35.1 Å². The maximum absolute atomic E-state index is 13.4. The molecule has 2 aromatic rings. The molecule has 2 N–H and O–H groups in total. The van der Waals surface area contributed by atoms with Crippen LogP contribution < -0.4 is 5.73 Å². The van der Waals surface area contributed by atoms with Crippen molar-refractivity contribution in [1.82, 2.24) is 19.7 Å². The number of hydrogen-bond acceptors (Lipinski definition) is 5. The van der Waals surface area contributed by atoms with E-state index in [9.17, 15) is 13.2 Å². The van der Waals surface area contributed by atoms with E-state index in [1.165, 1.54) is 19.0 Å². The average Bonchev–Trinajstić information content (AvgIpc) is 3.33. The van der Waals surface area contributed by atoms with Crippen molar-refractivity contribution in [2.24, 2.45) is 11.8 Å². The molecule has 1 saturated heterocycles. The summed E-state index contributed by atoms with van der Waals surface area (Å²) in [5, 5.41) is 4.74. The Morgan fingerprint density at radius 1 is 1.15 bits per heavy atom. The van der Waals surface area contributed by atoms with Crippen molar-refractivity contribution in [1.29, 1.82) is 0 Å². The molecule has 0 amide bonds. The molecule has 1 aliphatic heterocycles. The highest BCUT2D eigenvalue weighted by molar-refractivity contribution is 5.62. The number of nitrogen functional groups attached to an aromatic ring is 1. The minimum absolute atomic E-state index is 0.114. The molecule has 2 aliphatic carbocycles. The van der Waals surface area contributed by atoms with Crippen LogP contribution in [0.2, 0.25) is 0 Å². The number of alkyl halides is 3. The average molecular weight is 478 g/mol. The van der Waals surface area contributed by atoms with Crippen LogP contribution in [0.25, 0.3) is 11.3 Å². The largest absolute Gasteiger partial charge is 0.419 e. The molecule has 2 saturated carbocycles. The number of fused-ring (bicyclic) bond motifs is 2. The number of morpholine rings is 1. The van der Waals surface area contributed by atoms with Gasteiger partial charge in [-0.15, -0.1) is 0 Å². The van der Waals surface area contributed by atoms with Gasteiger partial charge in [-0.25, -0.2) is 4.98 Å². The summed E-state index contributed by atoms with van der Waals surface area (Å²) in [5.74, 6) is 1.14. The summed E-state index contributed by atoms with van der Waals surface area (Å²) in [4.78, 5) is 6.46. The number of hydrogen-bond donors (Lipinski definition) is 1. The quantitative estimate of drug-likeness (QED) is 0.662. The lowest BCUT2D eigenvalue weighted by molar-refractivity contribution is -0.137. The van der Waals surface area contributed by atoms with Gasteiger partial charge in [0.2, 0.25) is 0 Å². The number of aromatic nitrogens is 3. The van der Waals surface area contributed by atoms with Gasteiger partial charge in [0.15, 0.2) is 0 Å². The topological polar surface area (TPSA) is 69.2 Å². The lowest BCUT2D eigenvalue weighted by Crippen LogP contribution is -2.52. The molecule has 34 heavy (non-hydrogen) atoms. The zero-order valence-electron chi connectivity index (χ0n) is 20.1. The number of rotatable bonds is 4. The van der Waals surface area contributed by atoms with Crippen LogP contribution in [0.1, 0.15) is 69.7 Å². The molecule has 2 bridgehead atoms. The van der Waals surface area contributed by atoms with Crippen LogP contribution in [0.5, 0.6) is 0 Å². The molecule has 3 atom stereocenters. The van der Waals surface area contributed by atoms with Crippen LogP contribution in [0.3, 0.4) is 0 Å². The fourth-order valence-corrected chi connectivity index (χ4v) is 6.56. The Bertz CT molecular complexity index is 1020. The van der Waals surface area contributed by atoms with E-state index >= 15 is 0 Å². The summed E-state index contributed by atoms with van der Waals surface area (Å²) in [6, 6.07) is 3.78. The van der Waals surface area contributed by atoms with Crippen LogP contribution >= 0.6 is 0 Å². The summed E-state index contributed by atoms with van der Waals surface area (Å²) in [5.41, 5.74) is 6.59. The first-order valence-electron chi connectivity index (χ1n) is 12.4. The zero-order chi connectivity index (χ0) is 24.2. The number of halogens is 3. The van der Waals surface area contributed by atoms with Crippen molar-refractivity contribution in [2.45, 2.75) is 76.7 Å². The third kappa shape index (κ3) is 4.33. The first kappa shape index (κ1) is 23.6. The van der Waals surface area contributed by atoms with E-state index in [4.69, 9.17) is 15.6 Å². The summed E-state index contributed by atoms with van der Waals surface area (Å²) >= 11 is 0. The van der Waals surface area contributed by atoms with Gasteiger partial charge in [-0.3, -0.25) is 9.58 Å². The molecule has 0 aromatic carbocycles. The number of anilines is 1. The fourth-order valence-electron chi connectivity index (χ4n) is 6.56. The second-order valence-corrected chi connectivity index (χ2v) is 10.6. The van der Waals surface area contributed by atoms with Crippen molar-refractivity contribution in [3.05, 3.63) is 29.6 Å². The Labute approximate surface area is 198 Å². The molecular formula is C25H34F3N5O. The summed E-state index contributed by atoms with van der Waals surface area (Å²) in [7, 11) is 0. The van der Waals surface area contributed by atoms with Gasteiger partial charge in [0.25, 0.3) is 0 Å². The van der Waals surface area contributed by atoms with Gasteiger partial charge in [-0.2, -0.15) is 18.3 Å². The van der Waals surface area contributed by atoms with Crippen LogP contribution in [-0.2, 0) is 10.9 Å². The normalized spacial score (nSPS) is 30.3. The van der Waals surface area contributed by atoms with Gasteiger partial charge in [0, 0.05) is 48.5 Å². The van der Waals surface area contributed by atoms with Gasteiger partial charge in [0.05, 0.1) is 24.0 Å². The van der Waals surface area contributed by atoms with Crippen LogP contribution in [0.4, 0.5) is 19.0 Å². The Morgan fingerprint density at radius 3 is 2.47 bits per heavy atom. The molecule has 5 rings (SSSR count). The number of nitrogens with two attached hydrogens (primary N) is 1. The van der Waals surface area contributed by atoms with Crippen molar-refractivity contribution >= 4 is 5.82 Å². The molecule has 0 spiro atoms. The summed E-state index contributed by atoms with van der Waals surface area (Å²) in [6.45, 7) is 9.10. The van der Waals surface area contributed by atoms with Crippen LogP contribution in [-0.4, -0.2) is 51.5 Å². The molecule has 3 aliphatic rings. The number of nitrogens with zero attached hydrogens (tertiary/aromatic N) is 4.